The van der Waals surface area contributed by atoms with Crippen LogP contribution >= 0.6 is 0 Å². The molecular formula is C23H20FN3O2. The minimum absolute atomic E-state index is 0.236. The number of nitrogens with one attached hydrogen (secondary N) is 2. The lowest BCUT2D eigenvalue weighted by atomic mass is 10.00. The first-order valence-electron chi connectivity index (χ1n) is 9.26. The molecule has 29 heavy (non-hydrogen) atoms. The van der Waals surface area contributed by atoms with Crippen LogP contribution < -0.4 is 5.32 Å². The van der Waals surface area contributed by atoms with E-state index in [1.807, 2.05) is 43.3 Å². The fourth-order valence-electron chi connectivity index (χ4n) is 3.36. The molecule has 4 aromatic rings. The number of rotatable bonds is 5. The predicted octanol–water partition coefficient (Wildman–Crippen LogP) is 4.14. The monoisotopic (exact) mass is 389 g/mol. The maximum atomic E-state index is 14.5. The molecule has 0 radical (unpaired) electrons. The van der Waals surface area contributed by atoms with Gasteiger partial charge in [-0.15, -0.1) is 0 Å². The van der Waals surface area contributed by atoms with Crippen LogP contribution in [0, 0.1) is 12.7 Å². The Balaban J connectivity index is 1.63. The summed E-state index contributed by atoms with van der Waals surface area (Å²) in [6, 6.07) is 16.7. The average Bonchev–Trinajstić information content (AvgIpc) is 3.20. The molecule has 1 heterocycles. The zero-order valence-electron chi connectivity index (χ0n) is 15.8. The molecule has 146 valence electrons. The Hall–Kier alpha value is -3.51. The molecule has 0 fully saturated rings. The largest absolute Gasteiger partial charge is 0.394 e. The Bertz CT molecular complexity index is 1190. The number of aryl methyl sites for hydroxylation is 1. The van der Waals surface area contributed by atoms with Crippen LogP contribution in [-0.4, -0.2) is 27.8 Å². The molecule has 0 saturated heterocycles. The van der Waals surface area contributed by atoms with Gasteiger partial charge in [-0.2, -0.15) is 5.10 Å². The lowest BCUT2D eigenvalue weighted by molar-refractivity contribution is 0.0916. The number of aliphatic hydroxyl groups excluding tert-OH is 1. The zero-order chi connectivity index (χ0) is 20.4. The first-order chi connectivity index (χ1) is 14.0. The van der Waals surface area contributed by atoms with E-state index in [2.05, 4.69) is 15.5 Å². The number of aliphatic hydroxyl groups is 1. The van der Waals surface area contributed by atoms with Crippen molar-refractivity contribution in [2.45, 2.75) is 13.0 Å². The summed E-state index contributed by atoms with van der Waals surface area (Å²) in [6.45, 7) is 1.71. The lowest BCUT2D eigenvalue weighted by Gasteiger charge is -2.18. The molecular weight excluding hydrogens is 369 g/mol. The number of carbonyl (C=O) groups is 1. The van der Waals surface area contributed by atoms with Crippen molar-refractivity contribution < 1.29 is 14.3 Å². The van der Waals surface area contributed by atoms with Crippen LogP contribution in [0.3, 0.4) is 0 Å². The second-order valence-corrected chi connectivity index (χ2v) is 6.99. The molecule has 1 atom stereocenters. The van der Waals surface area contributed by atoms with Crippen LogP contribution in [0.25, 0.3) is 22.0 Å². The maximum absolute atomic E-state index is 14.5. The number of aromatic nitrogens is 2. The van der Waals surface area contributed by atoms with Crippen molar-refractivity contribution >= 4 is 16.8 Å². The van der Waals surface area contributed by atoms with Gasteiger partial charge in [0.15, 0.2) is 0 Å². The Morgan fingerprint density at radius 3 is 2.83 bits per heavy atom. The Labute approximate surface area is 167 Å². The second-order valence-electron chi connectivity index (χ2n) is 6.99. The van der Waals surface area contributed by atoms with Crippen LogP contribution in [0.4, 0.5) is 4.39 Å². The van der Waals surface area contributed by atoms with Crippen molar-refractivity contribution in [1.29, 1.82) is 0 Å². The van der Waals surface area contributed by atoms with Gasteiger partial charge in [0.25, 0.3) is 5.91 Å². The van der Waals surface area contributed by atoms with Gasteiger partial charge in [-0.1, -0.05) is 35.9 Å². The highest BCUT2D eigenvalue weighted by atomic mass is 19.1. The molecule has 4 rings (SSSR count). The molecule has 6 heteroatoms. The summed E-state index contributed by atoms with van der Waals surface area (Å²) in [5.74, 6) is -0.794. The molecule has 0 aliphatic heterocycles. The first kappa shape index (κ1) is 18.8. The average molecular weight is 389 g/mol. The smallest absolute Gasteiger partial charge is 0.251 e. The third kappa shape index (κ3) is 3.88. The van der Waals surface area contributed by atoms with Crippen LogP contribution in [0.2, 0.25) is 0 Å². The highest BCUT2D eigenvalue weighted by molar-refractivity contribution is 5.96. The third-order valence-corrected chi connectivity index (χ3v) is 4.91. The number of hydrogen-bond donors (Lipinski definition) is 3. The van der Waals surface area contributed by atoms with Gasteiger partial charge in [0, 0.05) is 16.5 Å². The molecule has 1 aromatic heterocycles. The van der Waals surface area contributed by atoms with Gasteiger partial charge in [0.05, 0.1) is 24.4 Å². The summed E-state index contributed by atoms with van der Waals surface area (Å²) in [6.07, 6.45) is 1.67. The van der Waals surface area contributed by atoms with Crippen molar-refractivity contribution in [3.05, 3.63) is 89.4 Å². The lowest BCUT2D eigenvalue weighted by Crippen LogP contribution is -2.30. The third-order valence-electron chi connectivity index (χ3n) is 4.91. The number of hydrogen-bond acceptors (Lipinski definition) is 3. The number of H-pyrrole nitrogens is 1. The van der Waals surface area contributed by atoms with Gasteiger partial charge < -0.3 is 10.4 Å². The van der Waals surface area contributed by atoms with E-state index in [1.165, 1.54) is 18.2 Å². The molecule has 0 aliphatic carbocycles. The summed E-state index contributed by atoms with van der Waals surface area (Å²) in [5.41, 5.74) is 4.01. The minimum Gasteiger partial charge on any atom is -0.394 e. The summed E-state index contributed by atoms with van der Waals surface area (Å²) in [4.78, 5) is 12.8. The summed E-state index contributed by atoms with van der Waals surface area (Å²) in [5, 5.41) is 20.3. The molecule has 0 spiro atoms. The maximum Gasteiger partial charge on any atom is 0.251 e. The van der Waals surface area contributed by atoms with E-state index in [1.54, 1.807) is 12.3 Å². The Morgan fingerprint density at radius 2 is 2.03 bits per heavy atom. The number of carbonyl (C=O) groups excluding carboxylic acids is 1. The summed E-state index contributed by atoms with van der Waals surface area (Å²) < 4.78 is 14.5. The fraction of sp³-hybridized carbons (Fsp3) is 0.130. The van der Waals surface area contributed by atoms with E-state index >= 15 is 0 Å². The van der Waals surface area contributed by atoms with E-state index in [4.69, 9.17) is 0 Å². The zero-order valence-corrected chi connectivity index (χ0v) is 15.8. The van der Waals surface area contributed by atoms with Gasteiger partial charge in [-0.3, -0.25) is 9.89 Å². The Kier molecular flexibility index (Phi) is 5.10. The van der Waals surface area contributed by atoms with Crippen molar-refractivity contribution in [3.63, 3.8) is 0 Å². The van der Waals surface area contributed by atoms with Crippen LogP contribution in [0.15, 0.2) is 66.9 Å². The number of fused-ring (bicyclic) bond motifs is 1. The van der Waals surface area contributed by atoms with Gasteiger partial charge in [0.2, 0.25) is 0 Å². The van der Waals surface area contributed by atoms with Crippen molar-refractivity contribution in [3.8, 4) is 11.1 Å². The fourth-order valence-corrected chi connectivity index (χ4v) is 3.36. The van der Waals surface area contributed by atoms with Crippen LogP contribution in [-0.2, 0) is 0 Å². The van der Waals surface area contributed by atoms with Crippen molar-refractivity contribution in [1.82, 2.24) is 15.5 Å². The number of halogens is 1. The van der Waals surface area contributed by atoms with E-state index in [0.29, 0.717) is 16.7 Å². The van der Waals surface area contributed by atoms with Crippen LogP contribution in [0.1, 0.15) is 27.5 Å². The quantitative estimate of drug-likeness (QED) is 0.480. The number of amides is 1. The number of aromatic amines is 1. The molecule has 0 aliphatic rings. The van der Waals surface area contributed by atoms with Gasteiger partial charge in [-0.05, 0) is 48.4 Å². The molecule has 5 nitrogen and oxygen atoms in total. The molecule has 1 unspecified atom stereocenters. The van der Waals surface area contributed by atoms with E-state index in [-0.39, 0.29) is 12.5 Å². The second kappa shape index (κ2) is 7.85. The summed E-state index contributed by atoms with van der Waals surface area (Å²) >= 11 is 0. The van der Waals surface area contributed by atoms with Gasteiger partial charge in [0.1, 0.15) is 5.82 Å². The Morgan fingerprint density at radius 1 is 1.17 bits per heavy atom. The molecule has 3 aromatic carbocycles. The number of benzene rings is 3. The number of nitrogens with zero attached hydrogens (tertiary/aromatic N) is 1. The molecule has 0 bridgehead atoms. The van der Waals surface area contributed by atoms with E-state index < -0.39 is 11.9 Å². The first-order valence-corrected chi connectivity index (χ1v) is 9.26. The normalized spacial score (nSPS) is 12.1. The predicted molar refractivity (Wildman–Crippen MR) is 110 cm³/mol. The van der Waals surface area contributed by atoms with E-state index in [0.717, 1.165) is 22.0 Å². The van der Waals surface area contributed by atoms with Crippen molar-refractivity contribution in [2.75, 3.05) is 6.61 Å². The SMILES string of the molecule is Cc1cccc(C(CO)NC(=O)c2ccc(F)c(-c3ccc4[nH]ncc4c3)c2)c1. The van der Waals surface area contributed by atoms with Crippen molar-refractivity contribution in [2.24, 2.45) is 0 Å². The highest BCUT2D eigenvalue weighted by Gasteiger charge is 2.17. The van der Waals surface area contributed by atoms with Crippen LogP contribution in [0.5, 0.6) is 0 Å². The van der Waals surface area contributed by atoms with Gasteiger partial charge >= 0.3 is 0 Å². The van der Waals surface area contributed by atoms with Gasteiger partial charge in [-0.25, -0.2) is 4.39 Å². The highest BCUT2D eigenvalue weighted by Crippen LogP contribution is 2.27. The molecule has 3 N–H and O–H groups in total. The molecule has 0 saturated carbocycles. The molecule has 1 amide bonds. The summed E-state index contributed by atoms with van der Waals surface area (Å²) in [7, 11) is 0. The minimum atomic E-state index is -0.543. The van der Waals surface area contributed by atoms with E-state index in [9.17, 15) is 14.3 Å². The topological polar surface area (TPSA) is 78.0 Å². The standard InChI is InChI=1S/C23H20FN3O2/c1-14-3-2-4-16(9-14)22(13-28)26-23(29)17-5-7-20(24)19(11-17)15-6-8-21-18(10-15)12-25-27-21/h2-12,22,28H,13H2,1H3,(H,25,27)(H,26,29).